The molecule has 5 heteroatoms. The molecule has 0 radical (unpaired) electrons. The summed E-state index contributed by atoms with van der Waals surface area (Å²) in [5.74, 6) is -0.614. The molecular formula is C4H8O4S. The van der Waals surface area contributed by atoms with E-state index in [1.807, 2.05) is 0 Å². The highest BCUT2D eigenvalue weighted by atomic mass is 32.2. The Morgan fingerprint density at radius 3 is 2.44 bits per heavy atom. The first-order chi connectivity index (χ1) is 4.16. The van der Waals surface area contributed by atoms with Gasteiger partial charge < -0.3 is 4.74 Å². The predicted octanol–water partition coefficient (Wildman–Crippen LogP) is -0.839. The fraction of sp³-hybridized carbons (Fsp3) is 0.750. The third-order valence-electron chi connectivity index (χ3n) is 0.726. The summed E-state index contributed by atoms with van der Waals surface area (Å²) in [5.41, 5.74) is 0. The zero-order valence-corrected chi connectivity index (χ0v) is 5.89. The molecule has 0 N–H and O–H groups in total. The average Bonchev–Trinajstić information content (AvgIpc) is 1.83. The molecule has 4 nitrogen and oxygen atoms in total. The number of hydrogen-bond donors (Lipinski definition) is 1. The normalized spacial score (nSPS) is 9.56. The smallest absolute Gasteiger partial charge is 0.306 e. The van der Waals surface area contributed by atoms with Crippen LogP contribution in [0.15, 0.2) is 0 Å². The Morgan fingerprint density at radius 1 is 1.56 bits per heavy atom. The van der Waals surface area contributed by atoms with E-state index in [1.165, 1.54) is 7.11 Å². The first-order valence-electron chi connectivity index (χ1n) is 2.35. The van der Waals surface area contributed by atoms with Crippen LogP contribution in [-0.2, 0) is 20.2 Å². The van der Waals surface area contributed by atoms with Gasteiger partial charge in [0.2, 0.25) is 0 Å². The molecule has 0 unspecified atom stereocenters. The third kappa shape index (κ3) is 5.29. The van der Waals surface area contributed by atoms with E-state index >= 15 is 0 Å². The summed E-state index contributed by atoms with van der Waals surface area (Å²) >= 11 is 0. The van der Waals surface area contributed by atoms with E-state index in [4.69, 9.17) is 0 Å². The Bertz CT molecular complexity index is 152. The number of carbonyl (C=O) groups is 1. The molecule has 0 heterocycles. The van der Waals surface area contributed by atoms with E-state index in [1.54, 1.807) is 0 Å². The molecule has 0 saturated carbocycles. The molecule has 0 amide bonds. The maximum absolute atomic E-state index is 10.2. The van der Waals surface area contributed by atoms with Gasteiger partial charge in [0.15, 0.2) is 0 Å². The van der Waals surface area contributed by atoms with Crippen LogP contribution in [0, 0.1) is 0 Å². The lowest BCUT2D eigenvalue weighted by atomic mass is 10.5. The second-order valence-electron chi connectivity index (χ2n) is 1.38. The highest BCUT2D eigenvalue weighted by Crippen LogP contribution is 1.82. The zero-order chi connectivity index (χ0) is 7.28. The van der Waals surface area contributed by atoms with Crippen molar-refractivity contribution in [3.05, 3.63) is 0 Å². The minimum Gasteiger partial charge on any atom is -0.469 e. The molecule has 0 aromatic carbocycles. The predicted molar refractivity (Wildman–Crippen MR) is 31.8 cm³/mol. The number of thiol groups is 1. The maximum Gasteiger partial charge on any atom is 0.306 e. The molecule has 0 atom stereocenters. The van der Waals surface area contributed by atoms with Gasteiger partial charge in [0, 0.05) is 0 Å². The Kier molecular flexibility index (Phi) is 4.04. The molecule has 0 spiro atoms. The first-order valence-corrected chi connectivity index (χ1v) is 3.71. The van der Waals surface area contributed by atoms with Crippen molar-refractivity contribution in [1.82, 2.24) is 0 Å². The largest absolute Gasteiger partial charge is 0.469 e. The second-order valence-corrected chi connectivity index (χ2v) is 2.50. The monoisotopic (exact) mass is 152 g/mol. The maximum atomic E-state index is 10.2. The second kappa shape index (κ2) is 4.31. The van der Waals surface area contributed by atoms with Crippen molar-refractivity contribution in [3.63, 3.8) is 0 Å². The van der Waals surface area contributed by atoms with E-state index in [2.05, 4.69) is 4.74 Å². The van der Waals surface area contributed by atoms with Crippen LogP contribution in [0.5, 0.6) is 0 Å². The lowest BCUT2D eigenvalue weighted by Gasteiger charge is -1.91. The van der Waals surface area contributed by atoms with Gasteiger partial charge in [-0.25, -0.2) is 8.42 Å². The lowest BCUT2D eigenvalue weighted by molar-refractivity contribution is -0.140. The molecule has 9 heavy (non-hydrogen) atoms. The zero-order valence-electron chi connectivity index (χ0n) is 4.99. The van der Waals surface area contributed by atoms with Crippen LogP contribution in [-0.4, -0.2) is 27.2 Å². The molecule has 0 rings (SSSR count). The quantitative estimate of drug-likeness (QED) is 0.423. The molecular weight excluding hydrogens is 144 g/mol. The van der Waals surface area contributed by atoms with E-state index in [0.29, 0.717) is 0 Å². The third-order valence-corrected chi connectivity index (χ3v) is 1.31. The minimum absolute atomic E-state index is 0.0464. The van der Waals surface area contributed by atoms with Crippen LogP contribution in [0.3, 0.4) is 0 Å². The van der Waals surface area contributed by atoms with Crippen molar-refractivity contribution in [1.29, 1.82) is 0 Å². The van der Waals surface area contributed by atoms with Crippen molar-refractivity contribution in [2.75, 3.05) is 12.9 Å². The molecule has 54 valence electrons. The van der Waals surface area contributed by atoms with Crippen molar-refractivity contribution >= 4 is 16.7 Å². The van der Waals surface area contributed by atoms with Crippen LogP contribution in [0.4, 0.5) is 0 Å². The van der Waals surface area contributed by atoms with Gasteiger partial charge in [-0.3, -0.25) is 4.79 Å². The number of hydrogen-bond acceptors (Lipinski definition) is 4. The van der Waals surface area contributed by atoms with E-state index in [0.717, 1.165) is 0 Å². The number of rotatable bonds is 3. The number of esters is 1. The summed E-state index contributed by atoms with van der Waals surface area (Å²) in [7, 11) is -1.22. The summed E-state index contributed by atoms with van der Waals surface area (Å²) in [6, 6.07) is 0. The van der Waals surface area contributed by atoms with Gasteiger partial charge in [0.1, 0.15) is 10.7 Å². The van der Waals surface area contributed by atoms with Gasteiger partial charge in [-0.2, -0.15) is 0 Å². The van der Waals surface area contributed by atoms with Gasteiger partial charge in [-0.1, -0.05) is 0 Å². The highest BCUT2D eigenvalue weighted by molar-refractivity contribution is 7.72. The summed E-state index contributed by atoms with van der Waals surface area (Å²) in [6.45, 7) is 0. The van der Waals surface area contributed by atoms with Gasteiger partial charge >= 0.3 is 5.97 Å². The molecule has 0 fully saturated rings. The Morgan fingerprint density at radius 2 is 2.11 bits per heavy atom. The van der Waals surface area contributed by atoms with Gasteiger partial charge in [-0.15, -0.1) is 0 Å². The van der Waals surface area contributed by atoms with Crippen molar-refractivity contribution in [2.24, 2.45) is 0 Å². The summed E-state index contributed by atoms with van der Waals surface area (Å²) in [5, 5.41) is 0. The van der Waals surface area contributed by atoms with Crippen molar-refractivity contribution < 1.29 is 17.9 Å². The topological polar surface area (TPSA) is 60.4 Å². The Balaban J connectivity index is 3.39. The lowest BCUT2D eigenvalue weighted by Crippen LogP contribution is -2.03. The summed E-state index contributed by atoms with van der Waals surface area (Å²) in [4.78, 5) is 10.2. The van der Waals surface area contributed by atoms with E-state index in [9.17, 15) is 13.2 Å². The molecule has 0 aromatic rings. The molecule has 0 aliphatic rings. The first kappa shape index (κ1) is 8.42. The standard InChI is InChI=1S/C4H8O4S/c1-8-4(5)2-3-9(6)7/h9H,2-3H2,1H3. The number of carbonyl (C=O) groups excluding carboxylic acids is 1. The van der Waals surface area contributed by atoms with Crippen LogP contribution >= 0.6 is 0 Å². The number of ether oxygens (including phenoxy) is 1. The van der Waals surface area contributed by atoms with Crippen LogP contribution in [0.25, 0.3) is 0 Å². The van der Waals surface area contributed by atoms with Crippen molar-refractivity contribution in [3.8, 4) is 0 Å². The van der Waals surface area contributed by atoms with Crippen molar-refractivity contribution in [2.45, 2.75) is 6.42 Å². The average molecular weight is 152 g/mol. The number of methoxy groups -OCH3 is 1. The summed E-state index contributed by atoms with van der Waals surface area (Å²) < 4.78 is 23.9. The fourth-order valence-corrected chi connectivity index (χ4v) is 0.650. The van der Waals surface area contributed by atoms with Gasteiger partial charge in [0.25, 0.3) is 0 Å². The van der Waals surface area contributed by atoms with E-state index in [-0.39, 0.29) is 12.2 Å². The Labute approximate surface area is 54.8 Å². The highest BCUT2D eigenvalue weighted by Gasteiger charge is 1.98. The van der Waals surface area contributed by atoms with E-state index < -0.39 is 16.7 Å². The molecule has 0 bridgehead atoms. The van der Waals surface area contributed by atoms with Crippen LogP contribution < -0.4 is 0 Å². The fourth-order valence-electron chi connectivity index (χ4n) is 0.285. The van der Waals surface area contributed by atoms with Crippen LogP contribution in [0.1, 0.15) is 6.42 Å². The SMILES string of the molecule is COC(=O)CC[SH](=O)=O. The molecule has 0 aliphatic heterocycles. The molecule has 0 aromatic heterocycles. The summed E-state index contributed by atoms with van der Waals surface area (Å²) in [6.07, 6.45) is -0.0464. The molecule has 0 saturated heterocycles. The van der Waals surface area contributed by atoms with Gasteiger partial charge in [0.05, 0.1) is 19.3 Å². The minimum atomic E-state index is -2.44. The van der Waals surface area contributed by atoms with Gasteiger partial charge in [-0.05, 0) is 0 Å². The molecule has 0 aliphatic carbocycles. The Hall–Kier alpha value is -0.580. The van der Waals surface area contributed by atoms with Crippen LogP contribution in [0.2, 0.25) is 0 Å².